The minimum atomic E-state index is -0.211. The number of halogens is 2. The summed E-state index contributed by atoms with van der Waals surface area (Å²) in [5, 5.41) is 7.78. The van der Waals surface area contributed by atoms with Gasteiger partial charge >= 0.3 is 0 Å². The molecule has 150 valence electrons. The Labute approximate surface area is 176 Å². The van der Waals surface area contributed by atoms with E-state index >= 15 is 0 Å². The summed E-state index contributed by atoms with van der Waals surface area (Å²) in [5.74, 6) is 0.939. The summed E-state index contributed by atoms with van der Waals surface area (Å²) in [7, 11) is 1.74. The van der Waals surface area contributed by atoms with Crippen molar-refractivity contribution in [2.75, 3.05) is 7.11 Å². The van der Waals surface area contributed by atoms with E-state index in [1.807, 2.05) is 12.1 Å². The van der Waals surface area contributed by atoms with Gasteiger partial charge in [-0.1, -0.05) is 68.3 Å². The zero-order chi connectivity index (χ0) is 17.5. The van der Waals surface area contributed by atoms with E-state index in [1.54, 1.807) is 7.11 Å². The second-order valence-corrected chi connectivity index (χ2v) is 6.92. The summed E-state index contributed by atoms with van der Waals surface area (Å²) < 4.78 is 5.52. The van der Waals surface area contributed by atoms with E-state index in [0.29, 0.717) is 6.04 Å². The number of hydrogen-bond donors (Lipinski definition) is 2. The lowest BCUT2D eigenvalue weighted by Crippen LogP contribution is -2.56. The van der Waals surface area contributed by atoms with Gasteiger partial charge in [-0.2, -0.15) is 0 Å². The molecule has 0 spiro atoms. The maximum Gasteiger partial charge on any atom is 0.123 e. The monoisotopic (exact) mass is 410 g/mol. The molecule has 0 saturated heterocycles. The normalized spacial score (nSPS) is 16.1. The molecule has 2 aromatic rings. The van der Waals surface area contributed by atoms with Crippen LogP contribution in [0.1, 0.15) is 50.2 Å². The fourth-order valence-corrected chi connectivity index (χ4v) is 3.90. The number of nitrogens with one attached hydrogen (secondary N) is 2. The Balaban J connectivity index is 0.00000182. The summed E-state index contributed by atoms with van der Waals surface area (Å²) in [6.45, 7) is 3.02. The first kappa shape index (κ1) is 23.8. The van der Waals surface area contributed by atoms with E-state index in [0.717, 1.165) is 18.7 Å². The molecule has 0 aliphatic heterocycles. The molecular formula is C22H32Cl2N2O. The fourth-order valence-electron chi connectivity index (χ4n) is 3.90. The first-order valence-electron chi connectivity index (χ1n) is 9.47. The Kier molecular flexibility index (Phi) is 10.2. The van der Waals surface area contributed by atoms with Crippen molar-refractivity contribution in [2.45, 2.75) is 57.3 Å². The molecule has 0 heterocycles. The van der Waals surface area contributed by atoms with Gasteiger partial charge in [0.25, 0.3) is 0 Å². The Morgan fingerprint density at radius 3 is 2.22 bits per heavy atom. The van der Waals surface area contributed by atoms with Crippen molar-refractivity contribution in [3.8, 4) is 5.75 Å². The smallest absolute Gasteiger partial charge is 0.123 e. The molecule has 5 heteroatoms. The molecule has 0 radical (unpaired) electrons. The van der Waals surface area contributed by atoms with Crippen LogP contribution in [0.2, 0.25) is 0 Å². The predicted octanol–water partition coefficient (Wildman–Crippen LogP) is 5.42. The van der Waals surface area contributed by atoms with E-state index in [2.05, 4.69) is 60.0 Å². The summed E-state index contributed by atoms with van der Waals surface area (Å²) in [6, 6.07) is 19.6. The highest BCUT2D eigenvalue weighted by atomic mass is 35.5. The Bertz CT molecular complexity index is 662. The second kappa shape index (κ2) is 11.6. The molecule has 1 aliphatic carbocycles. The zero-order valence-corrected chi connectivity index (χ0v) is 17.9. The topological polar surface area (TPSA) is 33.3 Å². The van der Waals surface area contributed by atoms with Crippen LogP contribution in [-0.4, -0.2) is 13.2 Å². The number of ether oxygens (including phenoxy) is 1. The molecule has 1 saturated carbocycles. The van der Waals surface area contributed by atoms with Gasteiger partial charge in [0.2, 0.25) is 0 Å². The summed E-state index contributed by atoms with van der Waals surface area (Å²) in [6.07, 6.45) is 6.19. The van der Waals surface area contributed by atoms with Crippen LogP contribution in [0.3, 0.4) is 0 Å². The van der Waals surface area contributed by atoms with Crippen molar-refractivity contribution in [3.05, 3.63) is 65.7 Å². The van der Waals surface area contributed by atoms with Gasteiger partial charge in [-0.25, -0.2) is 0 Å². The lowest BCUT2D eigenvalue weighted by Gasteiger charge is -2.38. The maximum absolute atomic E-state index is 5.52. The van der Waals surface area contributed by atoms with Crippen LogP contribution < -0.4 is 15.4 Å². The predicted molar refractivity (Wildman–Crippen MR) is 118 cm³/mol. The van der Waals surface area contributed by atoms with Crippen LogP contribution in [0.25, 0.3) is 0 Å². The SMILES string of the molecule is CC[C@](NCc1ccccc1OC)(NC1CCCC1)c1ccccc1.Cl.Cl. The highest BCUT2D eigenvalue weighted by Gasteiger charge is 2.33. The Morgan fingerprint density at radius 2 is 1.59 bits per heavy atom. The quantitative estimate of drug-likeness (QED) is 0.569. The molecule has 3 rings (SSSR count). The summed E-state index contributed by atoms with van der Waals surface area (Å²) in [5.41, 5.74) is 2.28. The molecule has 0 aromatic heterocycles. The molecular weight excluding hydrogens is 379 g/mol. The fraction of sp³-hybridized carbons (Fsp3) is 0.455. The Hall–Kier alpha value is -1.26. The van der Waals surface area contributed by atoms with E-state index in [4.69, 9.17) is 4.74 Å². The van der Waals surface area contributed by atoms with E-state index in [-0.39, 0.29) is 30.5 Å². The van der Waals surface area contributed by atoms with Crippen LogP contribution in [0, 0.1) is 0 Å². The van der Waals surface area contributed by atoms with Crippen molar-refractivity contribution in [1.82, 2.24) is 10.6 Å². The number of para-hydroxylation sites is 1. The van der Waals surface area contributed by atoms with Crippen LogP contribution in [-0.2, 0) is 12.2 Å². The van der Waals surface area contributed by atoms with Gasteiger partial charge in [0, 0.05) is 18.2 Å². The lowest BCUT2D eigenvalue weighted by atomic mass is 9.94. The van der Waals surface area contributed by atoms with Crippen molar-refractivity contribution in [2.24, 2.45) is 0 Å². The van der Waals surface area contributed by atoms with Crippen LogP contribution >= 0.6 is 24.8 Å². The largest absolute Gasteiger partial charge is 0.496 e. The summed E-state index contributed by atoms with van der Waals surface area (Å²) >= 11 is 0. The summed E-state index contributed by atoms with van der Waals surface area (Å²) in [4.78, 5) is 0. The molecule has 3 nitrogen and oxygen atoms in total. The number of rotatable bonds is 8. The lowest BCUT2D eigenvalue weighted by molar-refractivity contribution is 0.215. The highest BCUT2D eigenvalue weighted by Crippen LogP contribution is 2.28. The second-order valence-electron chi connectivity index (χ2n) is 6.92. The third-order valence-corrected chi connectivity index (χ3v) is 5.38. The maximum atomic E-state index is 5.52. The van der Waals surface area contributed by atoms with Gasteiger partial charge < -0.3 is 4.74 Å². The van der Waals surface area contributed by atoms with E-state index < -0.39 is 0 Å². The standard InChI is InChI=1S/C22H30N2O.2ClH/c1-3-22(19-12-5-4-6-13-19,24-20-14-8-9-15-20)23-17-18-11-7-10-16-21(18)25-2;;/h4-7,10-13,16,20,23-24H,3,8-9,14-15,17H2,1-2H3;2*1H/t22-;;/m0../s1. The Morgan fingerprint density at radius 1 is 0.963 bits per heavy atom. The number of hydrogen-bond acceptors (Lipinski definition) is 3. The van der Waals surface area contributed by atoms with Crippen LogP contribution in [0.15, 0.2) is 54.6 Å². The molecule has 2 N–H and O–H groups in total. The van der Waals surface area contributed by atoms with Crippen LogP contribution in [0.5, 0.6) is 5.75 Å². The van der Waals surface area contributed by atoms with Crippen LogP contribution in [0.4, 0.5) is 0 Å². The van der Waals surface area contributed by atoms with E-state index in [1.165, 1.54) is 36.8 Å². The first-order chi connectivity index (χ1) is 12.3. The first-order valence-corrected chi connectivity index (χ1v) is 9.47. The number of benzene rings is 2. The van der Waals surface area contributed by atoms with E-state index in [9.17, 15) is 0 Å². The molecule has 0 unspecified atom stereocenters. The minimum absolute atomic E-state index is 0. The van der Waals surface area contributed by atoms with Crippen molar-refractivity contribution in [3.63, 3.8) is 0 Å². The highest BCUT2D eigenvalue weighted by molar-refractivity contribution is 5.85. The third kappa shape index (κ3) is 5.86. The average molecular weight is 411 g/mol. The van der Waals surface area contributed by atoms with Gasteiger partial charge in [-0.15, -0.1) is 24.8 Å². The number of methoxy groups -OCH3 is 1. The third-order valence-electron chi connectivity index (χ3n) is 5.38. The molecule has 1 fully saturated rings. The van der Waals surface area contributed by atoms with Gasteiger partial charge in [-0.05, 0) is 30.9 Å². The molecule has 0 amide bonds. The van der Waals surface area contributed by atoms with Crippen molar-refractivity contribution in [1.29, 1.82) is 0 Å². The van der Waals surface area contributed by atoms with Gasteiger partial charge in [-0.3, -0.25) is 10.6 Å². The molecule has 1 aliphatic rings. The minimum Gasteiger partial charge on any atom is -0.496 e. The molecule has 0 bridgehead atoms. The van der Waals surface area contributed by atoms with Crippen molar-refractivity contribution >= 4 is 24.8 Å². The molecule has 1 atom stereocenters. The zero-order valence-electron chi connectivity index (χ0n) is 16.2. The van der Waals surface area contributed by atoms with Crippen molar-refractivity contribution < 1.29 is 4.74 Å². The molecule has 27 heavy (non-hydrogen) atoms. The van der Waals surface area contributed by atoms with Gasteiger partial charge in [0.1, 0.15) is 5.75 Å². The molecule has 2 aromatic carbocycles. The average Bonchev–Trinajstić information content (AvgIpc) is 3.19. The van der Waals surface area contributed by atoms with Gasteiger partial charge in [0.15, 0.2) is 0 Å². The van der Waals surface area contributed by atoms with Gasteiger partial charge in [0.05, 0.1) is 12.8 Å².